The number of carboxylic acids is 1. The van der Waals surface area contributed by atoms with Gasteiger partial charge in [-0.2, -0.15) is 0 Å². The second-order valence-electron chi connectivity index (χ2n) is 10.7. The first-order valence-corrected chi connectivity index (χ1v) is 14.1. The van der Waals surface area contributed by atoms with Crippen LogP contribution in [0.15, 0.2) is 59.7 Å². The first kappa shape index (κ1) is 28.3. The van der Waals surface area contributed by atoms with Gasteiger partial charge in [-0.3, -0.25) is 14.4 Å². The first-order valence-electron chi connectivity index (χ1n) is 14.1. The van der Waals surface area contributed by atoms with E-state index in [1.807, 2.05) is 54.6 Å². The quantitative estimate of drug-likeness (QED) is 0.349. The van der Waals surface area contributed by atoms with Crippen LogP contribution in [0.2, 0.25) is 0 Å². The molecule has 2 aromatic rings. The summed E-state index contributed by atoms with van der Waals surface area (Å²) in [5.74, 6) is -0.648. The minimum absolute atomic E-state index is 0.0473. The summed E-state index contributed by atoms with van der Waals surface area (Å²) in [5.41, 5.74) is 2.76. The maximum atomic E-state index is 13.3. The summed E-state index contributed by atoms with van der Waals surface area (Å²) in [6.07, 6.45) is 7.64. The number of carboxylic acid groups (broad SMARTS) is 1. The first-order chi connectivity index (χ1) is 18.9. The molecule has 0 spiro atoms. The van der Waals surface area contributed by atoms with Crippen LogP contribution >= 0.6 is 0 Å². The van der Waals surface area contributed by atoms with Crippen molar-refractivity contribution in [3.05, 3.63) is 71.3 Å². The van der Waals surface area contributed by atoms with Crippen molar-refractivity contribution < 1.29 is 24.2 Å². The number of hydrogen-bond donors (Lipinski definition) is 2. The molecule has 2 aliphatic rings. The molecule has 0 radical (unpaired) electrons. The van der Waals surface area contributed by atoms with E-state index < -0.39 is 5.97 Å². The van der Waals surface area contributed by atoms with Gasteiger partial charge < -0.3 is 15.2 Å². The molecule has 1 fully saturated rings. The van der Waals surface area contributed by atoms with E-state index in [1.54, 1.807) is 6.92 Å². The molecule has 1 aliphatic carbocycles. The van der Waals surface area contributed by atoms with Crippen molar-refractivity contribution in [1.82, 2.24) is 10.3 Å². The molecule has 4 rings (SSSR count). The number of carbonyl (C=O) groups excluding carboxylic acids is 2. The largest absolute Gasteiger partial charge is 0.481 e. The summed E-state index contributed by atoms with van der Waals surface area (Å²) in [4.78, 5) is 36.7. The molecule has 1 aliphatic heterocycles. The van der Waals surface area contributed by atoms with Gasteiger partial charge in [0.1, 0.15) is 0 Å². The number of unbranched alkanes of at least 4 members (excludes halogenated alkanes) is 2. The molecule has 2 amide bonds. The standard InChI is InChI=1S/C31H39N3O5/c1-22(31(37)38)10-4-3-9-19-32-29(36)28(24-11-7-8-12-24)25-17-15-23(16-18-25)20-34-27(35)21-39-30(33-34)26-13-5-2-6-14-26/h2,5-6,13-18,22,24,28H,3-4,7-12,19-21H2,1H3,(H,32,36)(H,37,38). The summed E-state index contributed by atoms with van der Waals surface area (Å²) in [6.45, 7) is 2.62. The number of nitrogens with one attached hydrogen (secondary N) is 1. The van der Waals surface area contributed by atoms with Crippen molar-refractivity contribution in [1.29, 1.82) is 0 Å². The smallest absolute Gasteiger partial charge is 0.306 e. The van der Waals surface area contributed by atoms with Gasteiger partial charge in [0, 0.05) is 12.1 Å². The SMILES string of the molecule is CC(CCCCCNC(=O)C(c1ccc(CN2N=C(c3ccccc3)OCC2=O)cc1)C1CCCC1)C(=O)O. The minimum atomic E-state index is -0.755. The van der Waals surface area contributed by atoms with Crippen molar-refractivity contribution in [3.8, 4) is 0 Å². The number of benzene rings is 2. The number of hydrazone groups is 1. The highest BCUT2D eigenvalue weighted by Crippen LogP contribution is 2.37. The molecule has 39 heavy (non-hydrogen) atoms. The average molecular weight is 534 g/mol. The van der Waals surface area contributed by atoms with E-state index in [-0.39, 0.29) is 30.3 Å². The topological polar surface area (TPSA) is 108 Å². The molecule has 2 aromatic carbocycles. The lowest BCUT2D eigenvalue weighted by Gasteiger charge is -2.25. The molecule has 0 bridgehead atoms. The van der Waals surface area contributed by atoms with Crippen LogP contribution in [0.25, 0.3) is 0 Å². The fourth-order valence-electron chi connectivity index (χ4n) is 5.37. The van der Waals surface area contributed by atoms with Gasteiger partial charge in [-0.25, -0.2) is 5.01 Å². The molecule has 1 saturated carbocycles. The van der Waals surface area contributed by atoms with E-state index in [9.17, 15) is 14.4 Å². The highest BCUT2D eigenvalue weighted by Gasteiger charge is 2.32. The summed E-state index contributed by atoms with van der Waals surface area (Å²) in [6, 6.07) is 17.5. The summed E-state index contributed by atoms with van der Waals surface area (Å²) in [7, 11) is 0. The Kier molecular flexibility index (Phi) is 10.1. The van der Waals surface area contributed by atoms with Crippen LogP contribution in [0.1, 0.15) is 80.9 Å². The lowest BCUT2D eigenvalue weighted by atomic mass is 9.83. The predicted molar refractivity (Wildman–Crippen MR) is 149 cm³/mol. The van der Waals surface area contributed by atoms with Gasteiger partial charge in [0.2, 0.25) is 11.8 Å². The Morgan fingerprint density at radius 2 is 1.77 bits per heavy atom. The number of aliphatic carboxylic acids is 1. The summed E-state index contributed by atoms with van der Waals surface area (Å²) in [5, 5.41) is 18.0. The van der Waals surface area contributed by atoms with E-state index in [1.165, 1.54) is 5.01 Å². The Balaban J connectivity index is 1.36. The number of nitrogens with zero attached hydrogens (tertiary/aromatic N) is 2. The van der Waals surface area contributed by atoms with E-state index >= 15 is 0 Å². The van der Waals surface area contributed by atoms with Gasteiger partial charge in [0.15, 0.2) is 6.61 Å². The number of carbonyl (C=O) groups is 3. The second kappa shape index (κ2) is 13.9. The average Bonchev–Trinajstić information content (AvgIpc) is 3.47. The number of ether oxygens (including phenoxy) is 1. The van der Waals surface area contributed by atoms with Gasteiger partial charge in [-0.15, -0.1) is 5.10 Å². The van der Waals surface area contributed by atoms with Crippen molar-refractivity contribution in [2.24, 2.45) is 16.9 Å². The third kappa shape index (κ3) is 7.91. The monoisotopic (exact) mass is 533 g/mol. The zero-order valence-corrected chi connectivity index (χ0v) is 22.7. The van der Waals surface area contributed by atoms with Crippen LogP contribution in [0.3, 0.4) is 0 Å². The number of amides is 2. The lowest BCUT2D eigenvalue weighted by Crippen LogP contribution is -2.36. The van der Waals surface area contributed by atoms with Crippen LogP contribution in [0.5, 0.6) is 0 Å². The normalized spacial score (nSPS) is 17.3. The lowest BCUT2D eigenvalue weighted by molar-refractivity contribution is -0.141. The van der Waals surface area contributed by atoms with Gasteiger partial charge in [0.05, 0.1) is 18.4 Å². The van der Waals surface area contributed by atoms with E-state index in [0.717, 1.165) is 61.6 Å². The Morgan fingerprint density at radius 1 is 1.05 bits per heavy atom. The van der Waals surface area contributed by atoms with E-state index in [4.69, 9.17) is 9.84 Å². The molecule has 8 heteroatoms. The summed E-state index contributed by atoms with van der Waals surface area (Å²) < 4.78 is 5.54. The zero-order chi connectivity index (χ0) is 27.6. The maximum absolute atomic E-state index is 13.3. The van der Waals surface area contributed by atoms with E-state index in [0.29, 0.717) is 31.3 Å². The molecule has 2 atom stereocenters. The summed E-state index contributed by atoms with van der Waals surface area (Å²) >= 11 is 0. The molecule has 0 saturated heterocycles. The Labute approximate surface area is 230 Å². The third-order valence-corrected chi connectivity index (χ3v) is 7.71. The van der Waals surface area contributed by atoms with E-state index in [2.05, 4.69) is 10.4 Å². The number of hydrogen-bond acceptors (Lipinski definition) is 5. The maximum Gasteiger partial charge on any atom is 0.306 e. The van der Waals surface area contributed by atoms with Crippen LogP contribution < -0.4 is 5.32 Å². The van der Waals surface area contributed by atoms with Crippen LogP contribution in [0, 0.1) is 11.8 Å². The Bertz CT molecular complexity index is 1140. The fraction of sp³-hybridized carbons (Fsp3) is 0.484. The molecular weight excluding hydrogens is 494 g/mol. The van der Waals surface area contributed by atoms with Gasteiger partial charge in [0.25, 0.3) is 5.91 Å². The van der Waals surface area contributed by atoms with Crippen molar-refractivity contribution in [2.75, 3.05) is 13.2 Å². The highest BCUT2D eigenvalue weighted by molar-refractivity contribution is 5.97. The minimum Gasteiger partial charge on any atom is -0.481 e. The van der Waals surface area contributed by atoms with Crippen LogP contribution in [-0.4, -0.2) is 46.9 Å². The molecule has 2 unspecified atom stereocenters. The third-order valence-electron chi connectivity index (χ3n) is 7.71. The van der Waals surface area contributed by atoms with Gasteiger partial charge in [-0.1, -0.05) is 75.1 Å². The van der Waals surface area contributed by atoms with Gasteiger partial charge in [-0.05, 0) is 54.9 Å². The van der Waals surface area contributed by atoms with Crippen LogP contribution in [0.4, 0.5) is 0 Å². The zero-order valence-electron chi connectivity index (χ0n) is 22.7. The molecule has 1 heterocycles. The molecule has 0 aromatic heterocycles. The van der Waals surface area contributed by atoms with Crippen molar-refractivity contribution in [3.63, 3.8) is 0 Å². The van der Waals surface area contributed by atoms with Gasteiger partial charge >= 0.3 is 5.97 Å². The predicted octanol–water partition coefficient (Wildman–Crippen LogP) is 5.08. The molecular formula is C31H39N3O5. The van der Waals surface area contributed by atoms with Crippen LogP contribution in [-0.2, 0) is 25.7 Å². The molecule has 208 valence electrons. The highest BCUT2D eigenvalue weighted by atomic mass is 16.5. The number of rotatable bonds is 13. The fourth-order valence-corrected chi connectivity index (χ4v) is 5.37. The molecule has 8 nitrogen and oxygen atoms in total. The Morgan fingerprint density at radius 3 is 2.46 bits per heavy atom. The Hall–Kier alpha value is -3.68. The second-order valence-corrected chi connectivity index (χ2v) is 10.7. The van der Waals surface area contributed by atoms with Crippen molar-refractivity contribution in [2.45, 2.75) is 70.8 Å². The molecule has 2 N–H and O–H groups in total. The van der Waals surface area contributed by atoms with Crippen molar-refractivity contribution >= 4 is 23.7 Å².